The maximum atomic E-state index is 11.8. The van der Waals surface area contributed by atoms with Crippen LogP contribution < -0.4 is 0 Å². The first-order chi connectivity index (χ1) is 9.06. The van der Waals surface area contributed by atoms with Crippen molar-refractivity contribution in [3.8, 4) is 0 Å². The average molecular weight is 336 g/mol. The van der Waals surface area contributed by atoms with Crippen molar-refractivity contribution in [1.29, 1.82) is 0 Å². The van der Waals surface area contributed by atoms with Gasteiger partial charge in [-0.1, -0.05) is 46.6 Å². The number of carbonyl (C=O) groups excluding carboxylic acids is 1. The molecular weight excluding hydrogens is 331 g/mol. The lowest BCUT2D eigenvalue weighted by molar-refractivity contribution is -0.137. The Hall–Kier alpha value is -0.750. The standard InChI is InChI=1S/C11H5Cl3N2O2S/c12-4-1-5(13)7(6(14)2-4)9-16-10-8(11(17)18-9)15-3-19-10/h1-3,8,10H. The highest BCUT2D eigenvalue weighted by Gasteiger charge is 2.39. The van der Waals surface area contributed by atoms with E-state index in [2.05, 4.69) is 9.98 Å². The zero-order valence-corrected chi connectivity index (χ0v) is 12.2. The largest absolute Gasteiger partial charge is 0.405 e. The molecule has 2 aliphatic rings. The van der Waals surface area contributed by atoms with E-state index in [-0.39, 0.29) is 21.3 Å². The highest BCUT2D eigenvalue weighted by molar-refractivity contribution is 8.13. The number of benzene rings is 1. The van der Waals surface area contributed by atoms with E-state index in [1.54, 1.807) is 5.55 Å². The van der Waals surface area contributed by atoms with E-state index in [1.165, 1.54) is 23.9 Å². The number of aliphatic imine (C=N–C) groups is 2. The highest BCUT2D eigenvalue weighted by atomic mass is 35.5. The molecule has 3 rings (SSSR count). The number of halogens is 3. The van der Waals surface area contributed by atoms with Gasteiger partial charge in [0.2, 0.25) is 5.90 Å². The maximum Gasteiger partial charge on any atom is 0.340 e. The molecule has 0 radical (unpaired) electrons. The molecule has 2 unspecified atom stereocenters. The van der Waals surface area contributed by atoms with Crippen LogP contribution in [0.5, 0.6) is 0 Å². The predicted octanol–water partition coefficient (Wildman–Crippen LogP) is 3.42. The molecule has 8 heteroatoms. The summed E-state index contributed by atoms with van der Waals surface area (Å²) in [4.78, 5) is 20.1. The van der Waals surface area contributed by atoms with Gasteiger partial charge in [0.15, 0.2) is 6.04 Å². The van der Waals surface area contributed by atoms with Crippen LogP contribution in [0.25, 0.3) is 0 Å². The number of thioether (sulfide) groups is 1. The molecular formula is C11H5Cl3N2O2S. The molecule has 2 aliphatic heterocycles. The van der Waals surface area contributed by atoms with Crippen LogP contribution in [0, 0.1) is 0 Å². The molecule has 0 aliphatic carbocycles. The average Bonchev–Trinajstić information content (AvgIpc) is 2.76. The number of nitrogens with zero attached hydrogens (tertiary/aromatic N) is 2. The number of hydrogen-bond donors (Lipinski definition) is 0. The summed E-state index contributed by atoms with van der Waals surface area (Å²) in [6.07, 6.45) is 0. The molecule has 0 aromatic heterocycles. The summed E-state index contributed by atoms with van der Waals surface area (Å²) in [7, 11) is 0. The van der Waals surface area contributed by atoms with Crippen molar-refractivity contribution >= 4 is 64.0 Å². The van der Waals surface area contributed by atoms with E-state index < -0.39 is 12.0 Å². The van der Waals surface area contributed by atoms with Gasteiger partial charge in [-0.2, -0.15) is 0 Å². The Bertz CT molecular complexity index is 609. The third-order valence-corrected chi connectivity index (χ3v) is 4.30. The first-order valence-electron chi connectivity index (χ1n) is 5.18. The molecule has 1 aromatic carbocycles. The second kappa shape index (κ2) is 4.98. The Kier molecular flexibility index (Phi) is 3.47. The molecule has 2 atom stereocenters. The van der Waals surface area contributed by atoms with E-state index >= 15 is 0 Å². The smallest absolute Gasteiger partial charge is 0.340 e. The lowest BCUT2D eigenvalue weighted by Gasteiger charge is -2.21. The number of rotatable bonds is 1. The van der Waals surface area contributed by atoms with E-state index in [0.717, 1.165) is 0 Å². The number of fused-ring (bicyclic) bond motifs is 1. The summed E-state index contributed by atoms with van der Waals surface area (Å²) in [5, 5.41) is 0.648. The minimum absolute atomic E-state index is 0.107. The molecule has 0 amide bonds. The SMILES string of the molecule is O=C1OC(c2c(Cl)cc(Cl)cc2Cl)=NC2SC=NC12. The van der Waals surface area contributed by atoms with Gasteiger partial charge >= 0.3 is 5.97 Å². The van der Waals surface area contributed by atoms with Crippen molar-refractivity contribution in [1.82, 2.24) is 0 Å². The Morgan fingerprint density at radius 1 is 1.21 bits per heavy atom. The third kappa shape index (κ3) is 2.36. The van der Waals surface area contributed by atoms with Crippen molar-refractivity contribution in [3.63, 3.8) is 0 Å². The monoisotopic (exact) mass is 334 g/mol. The summed E-state index contributed by atoms with van der Waals surface area (Å²) in [5.41, 5.74) is 1.96. The Morgan fingerprint density at radius 3 is 2.58 bits per heavy atom. The molecule has 0 bridgehead atoms. The Morgan fingerprint density at radius 2 is 1.89 bits per heavy atom. The summed E-state index contributed by atoms with van der Waals surface area (Å²) in [6, 6.07) is 2.45. The second-order valence-corrected chi connectivity index (χ2v) is 6.04. The minimum atomic E-state index is -0.585. The first kappa shape index (κ1) is 13.2. The fraction of sp³-hybridized carbons (Fsp3) is 0.182. The number of hydrogen-bond acceptors (Lipinski definition) is 5. The lowest BCUT2D eigenvalue weighted by atomic mass is 10.2. The predicted molar refractivity (Wildman–Crippen MR) is 77.8 cm³/mol. The van der Waals surface area contributed by atoms with Gasteiger partial charge in [0.25, 0.3) is 0 Å². The number of ether oxygens (including phenoxy) is 1. The molecule has 0 saturated heterocycles. The van der Waals surface area contributed by atoms with Gasteiger partial charge in [-0.05, 0) is 12.1 Å². The van der Waals surface area contributed by atoms with E-state index in [4.69, 9.17) is 39.5 Å². The van der Waals surface area contributed by atoms with Crippen LogP contribution in [-0.2, 0) is 9.53 Å². The van der Waals surface area contributed by atoms with Gasteiger partial charge in [-0.15, -0.1) is 0 Å². The minimum Gasteiger partial charge on any atom is -0.405 e. The van der Waals surface area contributed by atoms with E-state index in [0.29, 0.717) is 10.6 Å². The van der Waals surface area contributed by atoms with Gasteiger partial charge in [0, 0.05) is 5.02 Å². The molecule has 0 spiro atoms. The summed E-state index contributed by atoms with van der Waals surface area (Å²) in [5.74, 6) is -0.353. The van der Waals surface area contributed by atoms with Crippen LogP contribution >= 0.6 is 46.6 Å². The number of esters is 1. The maximum absolute atomic E-state index is 11.8. The molecule has 0 fully saturated rings. The first-order valence-corrected chi connectivity index (χ1v) is 7.25. The van der Waals surface area contributed by atoms with Crippen molar-refractivity contribution < 1.29 is 9.53 Å². The molecule has 0 saturated carbocycles. The topological polar surface area (TPSA) is 51.0 Å². The van der Waals surface area contributed by atoms with Gasteiger partial charge < -0.3 is 4.74 Å². The van der Waals surface area contributed by atoms with Gasteiger partial charge in [0.1, 0.15) is 5.37 Å². The van der Waals surface area contributed by atoms with E-state index in [1.807, 2.05) is 0 Å². The van der Waals surface area contributed by atoms with Crippen molar-refractivity contribution in [2.45, 2.75) is 11.4 Å². The molecule has 4 nitrogen and oxygen atoms in total. The van der Waals surface area contributed by atoms with Crippen molar-refractivity contribution in [2.24, 2.45) is 9.98 Å². The van der Waals surface area contributed by atoms with Crippen molar-refractivity contribution in [3.05, 3.63) is 32.8 Å². The number of carbonyl (C=O) groups is 1. The second-order valence-electron chi connectivity index (χ2n) is 3.83. The molecule has 19 heavy (non-hydrogen) atoms. The van der Waals surface area contributed by atoms with E-state index in [9.17, 15) is 4.79 Å². The van der Waals surface area contributed by atoms with Crippen LogP contribution in [0.1, 0.15) is 5.56 Å². The Labute approximate surface area is 127 Å². The van der Waals surface area contributed by atoms with Crippen LogP contribution in [-0.4, -0.2) is 28.8 Å². The van der Waals surface area contributed by atoms with Crippen LogP contribution in [0.15, 0.2) is 22.1 Å². The fourth-order valence-corrected chi connectivity index (χ4v) is 3.54. The Balaban J connectivity index is 2.06. The molecule has 1 aromatic rings. The quantitative estimate of drug-likeness (QED) is 0.739. The van der Waals surface area contributed by atoms with Crippen LogP contribution in [0.2, 0.25) is 15.1 Å². The normalized spacial score (nSPS) is 25.0. The van der Waals surface area contributed by atoms with Crippen LogP contribution in [0.4, 0.5) is 0 Å². The number of cyclic esters (lactones) is 1. The zero-order chi connectivity index (χ0) is 13.6. The molecule has 98 valence electrons. The highest BCUT2D eigenvalue weighted by Crippen LogP contribution is 2.34. The summed E-state index contributed by atoms with van der Waals surface area (Å²) >= 11 is 19.3. The third-order valence-electron chi connectivity index (χ3n) is 2.60. The van der Waals surface area contributed by atoms with Gasteiger partial charge in [-0.25, -0.2) is 9.79 Å². The van der Waals surface area contributed by atoms with Gasteiger partial charge in [0.05, 0.1) is 21.2 Å². The fourth-order valence-electron chi connectivity index (χ4n) is 1.75. The van der Waals surface area contributed by atoms with Crippen molar-refractivity contribution in [2.75, 3.05) is 0 Å². The van der Waals surface area contributed by atoms with Crippen LogP contribution in [0.3, 0.4) is 0 Å². The summed E-state index contributed by atoms with van der Waals surface area (Å²) in [6.45, 7) is 0. The molecule has 0 N–H and O–H groups in total. The molecule has 2 heterocycles. The lowest BCUT2D eigenvalue weighted by Crippen LogP contribution is -2.36. The van der Waals surface area contributed by atoms with Gasteiger partial charge in [-0.3, -0.25) is 4.99 Å². The zero-order valence-electron chi connectivity index (χ0n) is 9.14. The summed E-state index contributed by atoms with van der Waals surface area (Å²) < 4.78 is 5.16.